The molecule has 0 saturated carbocycles. The van der Waals surface area contributed by atoms with Crippen molar-refractivity contribution in [2.24, 2.45) is 0 Å². The lowest BCUT2D eigenvalue weighted by Crippen LogP contribution is -2.48. The molecule has 2 aliphatic rings. The highest BCUT2D eigenvalue weighted by atomic mass is 16.5. The van der Waals surface area contributed by atoms with Crippen LogP contribution in [0.4, 0.5) is 0 Å². The number of likely N-dealkylation sites (tertiary alicyclic amines) is 1. The average Bonchev–Trinajstić information content (AvgIpc) is 2.30. The van der Waals surface area contributed by atoms with Crippen molar-refractivity contribution >= 4 is 5.91 Å². The highest BCUT2D eigenvalue weighted by Gasteiger charge is 2.36. The first-order valence-corrected chi connectivity index (χ1v) is 5.46. The fraction of sp³-hybridized carbons (Fsp3) is 0.583. The molecule has 0 aromatic heterocycles. The van der Waals surface area contributed by atoms with Gasteiger partial charge >= 0.3 is 0 Å². The standard InChI is InChI=1S/C12H17NO2/c1-2-11(14)13-8-6-12(7-9-13)5-3-4-10-15-12/h2-4H,1,5-10H2. The number of carbonyl (C=O) groups excluding carboxylic acids is 1. The second-order valence-electron chi connectivity index (χ2n) is 4.20. The lowest BCUT2D eigenvalue weighted by atomic mass is 9.86. The van der Waals surface area contributed by atoms with E-state index < -0.39 is 0 Å². The van der Waals surface area contributed by atoms with Gasteiger partial charge in [-0.3, -0.25) is 4.79 Å². The Hall–Kier alpha value is -1.09. The second kappa shape index (κ2) is 4.19. The molecular weight excluding hydrogens is 190 g/mol. The van der Waals surface area contributed by atoms with E-state index in [1.807, 2.05) is 4.90 Å². The molecule has 1 spiro atoms. The van der Waals surface area contributed by atoms with Crippen LogP contribution in [-0.4, -0.2) is 36.1 Å². The van der Waals surface area contributed by atoms with Gasteiger partial charge in [-0.25, -0.2) is 0 Å². The molecule has 0 radical (unpaired) electrons. The van der Waals surface area contributed by atoms with Gasteiger partial charge in [-0.05, 0) is 25.3 Å². The van der Waals surface area contributed by atoms with Gasteiger partial charge in [0.05, 0.1) is 12.2 Å². The number of piperidine rings is 1. The summed E-state index contributed by atoms with van der Waals surface area (Å²) >= 11 is 0. The van der Waals surface area contributed by atoms with Crippen LogP contribution < -0.4 is 0 Å². The van der Waals surface area contributed by atoms with E-state index in [0.29, 0.717) is 0 Å². The van der Waals surface area contributed by atoms with E-state index in [-0.39, 0.29) is 11.5 Å². The average molecular weight is 207 g/mol. The van der Waals surface area contributed by atoms with Crippen LogP contribution in [0.2, 0.25) is 0 Å². The van der Waals surface area contributed by atoms with Crippen LogP contribution in [-0.2, 0) is 9.53 Å². The molecule has 2 rings (SSSR count). The molecule has 0 aromatic carbocycles. The first kappa shape index (κ1) is 10.4. The minimum Gasteiger partial charge on any atom is -0.370 e. The Morgan fingerprint density at radius 3 is 2.67 bits per heavy atom. The third-order valence-electron chi connectivity index (χ3n) is 3.30. The summed E-state index contributed by atoms with van der Waals surface area (Å²) in [6, 6.07) is 0. The molecular formula is C12H17NO2. The molecule has 2 aliphatic heterocycles. The van der Waals surface area contributed by atoms with Crippen LogP contribution in [0.3, 0.4) is 0 Å². The van der Waals surface area contributed by atoms with E-state index in [2.05, 4.69) is 18.7 Å². The minimum absolute atomic E-state index is 0.00665. The minimum atomic E-state index is 0.00665. The zero-order valence-electron chi connectivity index (χ0n) is 8.95. The fourth-order valence-corrected chi connectivity index (χ4v) is 2.26. The quantitative estimate of drug-likeness (QED) is 0.482. The summed E-state index contributed by atoms with van der Waals surface area (Å²) in [5.41, 5.74) is 0.00665. The van der Waals surface area contributed by atoms with E-state index in [1.54, 1.807) is 0 Å². The number of ether oxygens (including phenoxy) is 1. The second-order valence-corrected chi connectivity index (χ2v) is 4.20. The van der Waals surface area contributed by atoms with Gasteiger partial charge in [0, 0.05) is 13.1 Å². The van der Waals surface area contributed by atoms with Crippen LogP contribution in [0.5, 0.6) is 0 Å². The summed E-state index contributed by atoms with van der Waals surface area (Å²) in [6.07, 6.45) is 8.51. The van der Waals surface area contributed by atoms with Crippen molar-refractivity contribution < 1.29 is 9.53 Å². The maximum atomic E-state index is 11.4. The molecule has 0 unspecified atom stereocenters. The van der Waals surface area contributed by atoms with Gasteiger partial charge in [0.25, 0.3) is 0 Å². The molecule has 0 aromatic rings. The molecule has 0 bridgehead atoms. The maximum Gasteiger partial charge on any atom is 0.245 e. The van der Waals surface area contributed by atoms with Gasteiger partial charge in [-0.15, -0.1) is 0 Å². The summed E-state index contributed by atoms with van der Waals surface area (Å²) in [6.45, 7) is 5.80. The Morgan fingerprint density at radius 1 is 1.40 bits per heavy atom. The molecule has 2 heterocycles. The Balaban J connectivity index is 1.94. The van der Waals surface area contributed by atoms with Crippen molar-refractivity contribution in [1.82, 2.24) is 4.90 Å². The Bertz CT molecular complexity index is 288. The normalized spacial score (nSPS) is 24.1. The largest absolute Gasteiger partial charge is 0.370 e. The van der Waals surface area contributed by atoms with Gasteiger partial charge in [0.15, 0.2) is 0 Å². The molecule has 1 saturated heterocycles. The molecule has 0 atom stereocenters. The molecule has 0 N–H and O–H groups in total. The predicted octanol–water partition coefficient (Wildman–Crippen LogP) is 1.51. The van der Waals surface area contributed by atoms with Crippen LogP contribution in [0, 0.1) is 0 Å². The highest BCUT2D eigenvalue weighted by Crippen LogP contribution is 2.32. The first-order valence-electron chi connectivity index (χ1n) is 5.46. The summed E-state index contributed by atoms with van der Waals surface area (Å²) < 4.78 is 5.82. The number of hydrogen-bond donors (Lipinski definition) is 0. The highest BCUT2D eigenvalue weighted by molar-refractivity contribution is 5.87. The number of nitrogens with zero attached hydrogens (tertiary/aromatic N) is 1. The van der Waals surface area contributed by atoms with Gasteiger partial charge in [0.1, 0.15) is 0 Å². The summed E-state index contributed by atoms with van der Waals surface area (Å²) in [7, 11) is 0. The van der Waals surface area contributed by atoms with Gasteiger partial charge < -0.3 is 9.64 Å². The first-order chi connectivity index (χ1) is 7.26. The van der Waals surface area contributed by atoms with Gasteiger partial charge in [0.2, 0.25) is 5.91 Å². The molecule has 1 fully saturated rings. The van der Waals surface area contributed by atoms with E-state index in [9.17, 15) is 4.79 Å². The van der Waals surface area contributed by atoms with Crippen molar-refractivity contribution in [2.45, 2.75) is 24.9 Å². The van der Waals surface area contributed by atoms with Crippen LogP contribution in [0.25, 0.3) is 0 Å². The van der Waals surface area contributed by atoms with Gasteiger partial charge in [-0.2, -0.15) is 0 Å². The van der Waals surface area contributed by atoms with Crippen molar-refractivity contribution in [3.8, 4) is 0 Å². The Labute approximate surface area is 90.4 Å². The van der Waals surface area contributed by atoms with E-state index >= 15 is 0 Å². The monoisotopic (exact) mass is 207 g/mol. The third kappa shape index (κ3) is 2.12. The van der Waals surface area contributed by atoms with Crippen LogP contribution in [0.15, 0.2) is 24.8 Å². The Morgan fingerprint density at radius 2 is 2.13 bits per heavy atom. The van der Waals surface area contributed by atoms with E-state index in [0.717, 1.165) is 39.0 Å². The van der Waals surface area contributed by atoms with E-state index in [1.165, 1.54) is 6.08 Å². The summed E-state index contributed by atoms with van der Waals surface area (Å²) in [5.74, 6) is 0.0381. The van der Waals surface area contributed by atoms with Crippen molar-refractivity contribution in [3.63, 3.8) is 0 Å². The van der Waals surface area contributed by atoms with Crippen molar-refractivity contribution in [2.75, 3.05) is 19.7 Å². The van der Waals surface area contributed by atoms with Crippen molar-refractivity contribution in [3.05, 3.63) is 24.8 Å². The predicted molar refractivity (Wildman–Crippen MR) is 58.5 cm³/mol. The smallest absolute Gasteiger partial charge is 0.245 e. The summed E-state index contributed by atoms with van der Waals surface area (Å²) in [5, 5.41) is 0. The van der Waals surface area contributed by atoms with Crippen LogP contribution >= 0.6 is 0 Å². The Kier molecular flexibility index (Phi) is 2.91. The molecule has 82 valence electrons. The number of rotatable bonds is 1. The SMILES string of the molecule is C=CC(=O)N1CCC2(CC=CCO2)CC1. The molecule has 3 heteroatoms. The van der Waals surface area contributed by atoms with Crippen molar-refractivity contribution in [1.29, 1.82) is 0 Å². The van der Waals surface area contributed by atoms with E-state index in [4.69, 9.17) is 4.74 Å². The molecule has 15 heavy (non-hydrogen) atoms. The zero-order valence-corrected chi connectivity index (χ0v) is 8.95. The molecule has 1 amide bonds. The molecule has 3 nitrogen and oxygen atoms in total. The number of hydrogen-bond acceptors (Lipinski definition) is 2. The summed E-state index contributed by atoms with van der Waals surface area (Å²) in [4.78, 5) is 13.2. The lowest BCUT2D eigenvalue weighted by molar-refractivity contribution is -0.133. The lowest BCUT2D eigenvalue weighted by Gasteiger charge is -2.42. The van der Waals surface area contributed by atoms with Gasteiger partial charge in [-0.1, -0.05) is 18.7 Å². The number of amides is 1. The number of carbonyl (C=O) groups is 1. The molecule has 0 aliphatic carbocycles. The maximum absolute atomic E-state index is 11.4. The van der Waals surface area contributed by atoms with Crippen LogP contribution in [0.1, 0.15) is 19.3 Å². The third-order valence-corrected chi connectivity index (χ3v) is 3.30. The topological polar surface area (TPSA) is 29.5 Å². The fourth-order valence-electron chi connectivity index (χ4n) is 2.26. The zero-order chi connectivity index (χ0) is 10.7.